The molecule has 3 atom stereocenters. The molecule has 2 fully saturated rings. The van der Waals surface area contributed by atoms with Crippen LogP contribution in [-0.4, -0.2) is 80.3 Å². The molecule has 13 heteroatoms. The van der Waals surface area contributed by atoms with Crippen molar-refractivity contribution in [3.63, 3.8) is 0 Å². The zero-order valence-electron chi connectivity index (χ0n) is 24.4. The zero-order valence-corrected chi connectivity index (χ0v) is 24.4. The summed E-state index contributed by atoms with van der Waals surface area (Å²) >= 11 is 0. The van der Waals surface area contributed by atoms with Gasteiger partial charge in [-0.05, 0) is 73.2 Å². The van der Waals surface area contributed by atoms with E-state index in [1.165, 1.54) is 26.1 Å². The quantitative estimate of drug-likeness (QED) is 0.280. The van der Waals surface area contributed by atoms with Gasteiger partial charge in [-0.15, -0.1) is 0 Å². The Bertz CT molecular complexity index is 1230. The van der Waals surface area contributed by atoms with Crippen molar-refractivity contribution in [1.82, 2.24) is 20.0 Å². The van der Waals surface area contributed by atoms with E-state index < -0.39 is 47.4 Å². The van der Waals surface area contributed by atoms with Gasteiger partial charge in [-0.2, -0.15) is 26.3 Å². The minimum atomic E-state index is -5.00. The number of urea groups is 1. The monoisotopic (exact) mass is 618 g/mol. The molecule has 0 spiro atoms. The number of nitrogens with zero attached hydrogens (tertiary/aromatic N) is 3. The molecule has 43 heavy (non-hydrogen) atoms. The molecular formula is C30H37F7N4O2. The molecule has 0 aromatic heterocycles. The van der Waals surface area contributed by atoms with Crippen molar-refractivity contribution >= 4 is 6.03 Å². The van der Waals surface area contributed by atoms with Crippen molar-refractivity contribution in [3.05, 3.63) is 70.0 Å². The number of amides is 2. The van der Waals surface area contributed by atoms with Crippen LogP contribution in [0, 0.1) is 18.7 Å². The van der Waals surface area contributed by atoms with E-state index in [4.69, 9.17) is 4.74 Å². The summed E-state index contributed by atoms with van der Waals surface area (Å²) in [5.74, 6) is -0.472. The smallest absolute Gasteiger partial charge is 0.379 e. The Kier molecular flexibility index (Phi) is 10.3. The summed E-state index contributed by atoms with van der Waals surface area (Å²) in [6.07, 6.45) is -9.39. The fourth-order valence-corrected chi connectivity index (χ4v) is 5.84. The van der Waals surface area contributed by atoms with Crippen LogP contribution in [-0.2, 0) is 17.1 Å². The molecular weight excluding hydrogens is 581 g/mol. The van der Waals surface area contributed by atoms with E-state index in [0.29, 0.717) is 57.0 Å². The van der Waals surface area contributed by atoms with Crippen molar-refractivity contribution in [2.75, 3.05) is 59.5 Å². The molecule has 2 saturated heterocycles. The van der Waals surface area contributed by atoms with Crippen LogP contribution in [0.1, 0.15) is 53.2 Å². The van der Waals surface area contributed by atoms with Crippen LogP contribution in [0.15, 0.2) is 36.4 Å². The number of nitrogens with one attached hydrogen (secondary N) is 1. The molecule has 0 aliphatic carbocycles. The van der Waals surface area contributed by atoms with Crippen LogP contribution in [0.4, 0.5) is 35.5 Å². The second kappa shape index (κ2) is 13.4. The maximum Gasteiger partial charge on any atom is 0.416 e. The summed E-state index contributed by atoms with van der Waals surface area (Å²) in [5, 5.41) is 3.46. The molecule has 4 rings (SSSR count). The molecule has 0 bridgehead atoms. The third-order valence-corrected chi connectivity index (χ3v) is 8.41. The van der Waals surface area contributed by atoms with E-state index in [2.05, 4.69) is 10.2 Å². The van der Waals surface area contributed by atoms with Crippen molar-refractivity contribution in [1.29, 1.82) is 0 Å². The lowest BCUT2D eigenvalue weighted by atomic mass is 9.90. The Labute approximate surface area is 246 Å². The molecule has 238 valence electrons. The van der Waals surface area contributed by atoms with Gasteiger partial charge in [0.15, 0.2) is 0 Å². The van der Waals surface area contributed by atoms with Gasteiger partial charge in [-0.1, -0.05) is 6.07 Å². The van der Waals surface area contributed by atoms with Gasteiger partial charge in [-0.3, -0.25) is 4.90 Å². The Morgan fingerprint density at radius 1 is 1.02 bits per heavy atom. The third-order valence-electron chi connectivity index (χ3n) is 8.41. The second-order valence-electron chi connectivity index (χ2n) is 11.3. The van der Waals surface area contributed by atoms with E-state index in [1.54, 1.807) is 17.9 Å². The predicted octanol–water partition coefficient (Wildman–Crippen LogP) is 6.27. The average Bonchev–Trinajstić information content (AvgIpc) is 3.37. The molecule has 2 amide bonds. The number of rotatable bonds is 8. The first-order chi connectivity index (χ1) is 20.2. The summed E-state index contributed by atoms with van der Waals surface area (Å²) in [5.41, 5.74) is -1.77. The lowest BCUT2D eigenvalue weighted by Crippen LogP contribution is -2.44. The van der Waals surface area contributed by atoms with E-state index in [0.717, 1.165) is 30.1 Å². The lowest BCUT2D eigenvalue weighted by molar-refractivity contribution is -0.143. The molecule has 2 aliphatic rings. The summed E-state index contributed by atoms with van der Waals surface area (Å²) < 4.78 is 100. The zero-order chi connectivity index (χ0) is 31.5. The van der Waals surface area contributed by atoms with Gasteiger partial charge in [0, 0.05) is 46.3 Å². The summed E-state index contributed by atoms with van der Waals surface area (Å²) in [6, 6.07) is 3.60. The molecule has 3 unspecified atom stereocenters. The standard InChI is InChI=1S/C30H37F7N4O2/c1-19-14-25(31)4-5-26(19)27-21(18-38-7-9-40-10-12-43-13-11-40)6-8-41(27)28(42)39(3)20(2)22-15-23(29(32,33)34)17-24(16-22)30(35,36)37/h4-5,14-17,20-21,27,38H,6-13,18H2,1-3H3. The van der Waals surface area contributed by atoms with Gasteiger partial charge in [0.25, 0.3) is 0 Å². The fraction of sp³-hybridized carbons (Fsp3) is 0.567. The van der Waals surface area contributed by atoms with Crippen LogP contribution < -0.4 is 5.32 Å². The van der Waals surface area contributed by atoms with Crippen molar-refractivity contribution in [2.45, 2.75) is 44.7 Å². The second-order valence-corrected chi connectivity index (χ2v) is 11.3. The number of aryl methyl sites for hydroxylation is 1. The topological polar surface area (TPSA) is 48.1 Å². The van der Waals surface area contributed by atoms with Gasteiger partial charge in [0.1, 0.15) is 5.82 Å². The fourth-order valence-electron chi connectivity index (χ4n) is 5.84. The molecule has 1 N–H and O–H groups in total. The first kappa shape index (κ1) is 33.0. The Morgan fingerprint density at radius 2 is 1.65 bits per heavy atom. The molecule has 2 aromatic carbocycles. The average molecular weight is 619 g/mol. The van der Waals surface area contributed by atoms with Gasteiger partial charge in [0.05, 0.1) is 36.4 Å². The first-order valence-corrected chi connectivity index (χ1v) is 14.3. The maximum atomic E-state index is 14.0. The highest BCUT2D eigenvalue weighted by atomic mass is 19.4. The number of alkyl halides is 6. The van der Waals surface area contributed by atoms with Gasteiger partial charge in [0.2, 0.25) is 0 Å². The first-order valence-electron chi connectivity index (χ1n) is 14.3. The van der Waals surface area contributed by atoms with Crippen molar-refractivity contribution in [3.8, 4) is 0 Å². The highest BCUT2D eigenvalue weighted by Gasteiger charge is 2.42. The summed E-state index contributed by atoms with van der Waals surface area (Å²) in [7, 11) is 1.36. The Morgan fingerprint density at radius 3 is 2.23 bits per heavy atom. The van der Waals surface area contributed by atoms with Gasteiger partial charge in [-0.25, -0.2) is 9.18 Å². The number of hydrogen-bond acceptors (Lipinski definition) is 4. The van der Waals surface area contributed by atoms with Gasteiger partial charge < -0.3 is 19.9 Å². The number of ether oxygens (including phenoxy) is 1. The third kappa shape index (κ3) is 7.98. The van der Waals surface area contributed by atoms with Crippen molar-refractivity contribution < 1.29 is 40.3 Å². The van der Waals surface area contributed by atoms with E-state index in [9.17, 15) is 35.5 Å². The number of halogens is 7. The number of morpholine rings is 1. The molecule has 0 radical (unpaired) electrons. The minimum Gasteiger partial charge on any atom is -0.379 e. The Balaban J connectivity index is 1.55. The number of carbonyl (C=O) groups excluding carboxylic acids is 1. The SMILES string of the molecule is Cc1cc(F)ccc1C1C(CNCCN2CCOCC2)CCN1C(=O)N(C)C(C)c1cc(C(F)(F)F)cc(C(F)(F)F)c1. The summed E-state index contributed by atoms with van der Waals surface area (Å²) in [4.78, 5) is 18.9. The molecule has 2 aromatic rings. The molecule has 0 saturated carbocycles. The number of likely N-dealkylation sites (tertiary alicyclic amines) is 1. The van der Waals surface area contributed by atoms with Crippen LogP contribution in [0.5, 0.6) is 0 Å². The molecule has 2 heterocycles. The highest BCUT2D eigenvalue weighted by molar-refractivity contribution is 5.76. The van der Waals surface area contributed by atoms with E-state index >= 15 is 0 Å². The van der Waals surface area contributed by atoms with Crippen molar-refractivity contribution in [2.24, 2.45) is 5.92 Å². The molecule has 6 nitrogen and oxygen atoms in total. The predicted molar refractivity (Wildman–Crippen MR) is 147 cm³/mol. The Hall–Kier alpha value is -2.90. The minimum absolute atomic E-state index is 0.0492. The number of hydrogen-bond donors (Lipinski definition) is 1. The van der Waals surface area contributed by atoms with Crippen LogP contribution in [0.25, 0.3) is 0 Å². The van der Waals surface area contributed by atoms with Crippen LogP contribution in [0.2, 0.25) is 0 Å². The largest absolute Gasteiger partial charge is 0.416 e. The van der Waals surface area contributed by atoms with E-state index in [-0.39, 0.29) is 17.5 Å². The lowest BCUT2D eigenvalue weighted by Gasteiger charge is -2.36. The molecule has 2 aliphatic heterocycles. The highest BCUT2D eigenvalue weighted by Crippen LogP contribution is 2.41. The summed E-state index contributed by atoms with van der Waals surface area (Å²) in [6.45, 7) is 8.66. The number of benzene rings is 2. The van der Waals surface area contributed by atoms with Crippen LogP contribution in [0.3, 0.4) is 0 Å². The van der Waals surface area contributed by atoms with Gasteiger partial charge >= 0.3 is 18.4 Å². The normalized spacial score (nSPS) is 20.8. The van der Waals surface area contributed by atoms with Crippen LogP contribution >= 0.6 is 0 Å². The van der Waals surface area contributed by atoms with E-state index in [1.807, 2.05) is 0 Å². The number of carbonyl (C=O) groups is 1. The maximum absolute atomic E-state index is 14.0.